The topological polar surface area (TPSA) is 301 Å². The summed E-state index contributed by atoms with van der Waals surface area (Å²) in [4.78, 5) is 75.3. The van der Waals surface area contributed by atoms with Crippen LogP contribution in [0.15, 0.2) is 0 Å². The number of amides is 4. The Morgan fingerprint density at radius 1 is 0.611 bits per heavy atom. The molecule has 6 atom stereocenters. The number of hydrogen-bond donors (Lipinski definition) is 10. The van der Waals surface area contributed by atoms with E-state index in [1.54, 1.807) is 0 Å². The Morgan fingerprint density at radius 2 is 1.13 bits per heavy atom. The Balaban J connectivity index is 5.40. The zero-order chi connectivity index (χ0) is 41.1. The first-order chi connectivity index (χ1) is 25.5. The smallest absolute Gasteiger partial charge is 0.374 e. The molecule has 0 aromatic rings. The molecule has 314 valence electrons. The van der Waals surface area contributed by atoms with Crippen LogP contribution in [0.1, 0.15) is 118 Å². The third kappa shape index (κ3) is 22.9. The molecule has 54 heavy (non-hydrogen) atoms. The maximum atomic E-state index is 13.4. The standard InChI is InChI=1S/C35H68N8O10S/c1-5-6-7-8-9-10-11-16-21-38-22-23-54(52,53)43-28(18-13-15-20-37)33(48)42-29(26(4)44)34(49)40-25(3)31(46)41-27(17-12-14-19-36)32(47)39-24(2)30(45)35(50)51/h24-29,38,43-44H,5-23,36-37H2,1-4H3,(H,39,47)(H,40,49)(H,41,46)(H,42,48)(H,50,51)/t24-,25-,26+,27-,28-,29-/m0/s1. The number of Topliss-reactive ketones (excluding diaryl/α,β-unsaturated/α-hetero) is 1. The summed E-state index contributed by atoms with van der Waals surface area (Å²) in [5, 5.41) is 32.0. The molecule has 0 saturated carbocycles. The molecule has 0 heterocycles. The minimum absolute atomic E-state index is 0.0746. The van der Waals surface area contributed by atoms with Crippen LogP contribution < -0.4 is 42.8 Å². The predicted molar refractivity (Wildman–Crippen MR) is 205 cm³/mol. The maximum absolute atomic E-state index is 13.4. The van der Waals surface area contributed by atoms with Crippen LogP contribution in [0, 0.1) is 0 Å². The first-order valence-corrected chi connectivity index (χ1v) is 20.9. The van der Waals surface area contributed by atoms with E-state index in [1.165, 1.54) is 52.9 Å². The number of unbranched alkanes of at least 4 members (excludes halogenated alkanes) is 9. The number of rotatable bonds is 33. The van der Waals surface area contributed by atoms with Crippen LogP contribution in [-0.4, -0.2) is 122 Å². The summed E-state index contributed by atoms with van der Waals surface area (Å²) in [5.74, 6) is -6.73. The second-order valence-electron chi connectivity index (χ2n) is 13.7. The molecule has 18 nitrogen and oxygen atoms in total. The molecular weight excluding hydrogens is 724 g/mol. The molecule has 4 amide bonds. The second-order valence-corrected chi connectivity index (χ2v) is 15.6. The van der Waals surface area contributed by atoms with Gasteiger partial charge in [0.1, 0.15) is 24.2 Å². The number of carboxylic acids is 1. The lowest BCUT2D eigenvalue weighted by molar-refractivity contribution is -0.150. The van der Waals surface area contributed by atoms with E-state index in [4.69, 9.17) is 16.6 Å². The molecule has 0 bridgehead atoms. The molecule has 0 spiro atoms. The van der Waals surface area contributed by atoms with Crippen LogP contribution in [0.25, 0.3) is 0 Å². The van der Waals surface area contributed by atoms with E-state index in [0.717, 1.165) is 19.3 Å². The fraction of sp³-hybridized carbons (Fsp3) is 0.829. The number of ketones is 1. The van der Waals surface area contributed by atoms with Crippen LogP contribution in [0.3, 0.4) is 0 Å². The molecular formula is C35H68N8O10S. The number of nitrogens with two attached hydrogens (primary N) is 2. The molecule has 19 heteroatoms. The molecule has 0 aromatic heterocycles. The molecule has 0 aliphatic heterocycles. The molecule has 0 unspecified atom stereocenters. The lowest BCUT2D eigenvalue weighted by Gasteiger charge is -2.26. The Morgan fingerprint density at radius 3 is 1.67 bits per heavy atom. The Labute approximate surface area is 320 Å². The third-order valence-electron chi connectivity index (χ3n) is 8.70. The SMILES string of the molecule is CCCCCCCCCCNCCS(=O)(=O)N[C@@H](CCCCN)C(=O)N[C@H](C(=O)N[C@@H](C)C(=O)N[C@@H](CCCCN)C(=O)N[C@@H](C)C(=O)C(=O)O)[C@@H](C)O. The van der Waals surface area contributed by atoms with Gasteiger partial charge >= 0.3 is 5.97 Å². The van der Waals surface area contributed by atoms with Crippen LogP contribution >= 0.6 is 0 Å². The summed E-state index contributed by atoms with van der Waals surface area (Å²) in [6.45, 7) is 7.37. The van der Waals surface area contributed by atoms with Gasteiger partial charge in [-0.3, -0.25) is 24.0 Å². The quantitative estimate of drug-likeness (QED) is 0.0290. The highest BCUT2D eigenvalue weighted by Gasteiger charge is 2.33. The summed E-state index contributed by atoms with van der Waals surface area (Å²) in [5.41, 5.74) is 11.1. The first-order valence-electron chi connectivity index (χ1n) is 19.3. The zero-order valence-corrected chi connectivity index (χ0v) is 33.4. The van der Waals surface area contributed by atoms with Crippen molar-refractivity contribution in [1.82, 2.24) is 31.3 Å². The van der Waals surface area contributed by atoms with Crippen molar-refractivity contribution in [1.29, 1.82) is 0 Å². The van der Waals surface area contributed by atoms with Crippen molar-refractivity contribution >= 4 is 45.4 Å². The minimum Gasteiger partial charge on any atom is -0.475 e. The zero-order valence-electron chi connectivity index (χ0n) is 32.6. The summed E-state index contributed by atoms with van der Waals surface area (Å²) >= 11 is 0. The van der Waals surface area contributed by atoms with Gasteiger partial charge in [0.25, 0.3) is 5.78 Å². The number of aliphatic hydroxyl groups excluding tert-OH is 1. The highest BCUT2D eigenvalue weighted by molar-refractivity contribution is 7.89. The van der Waals surface area contributed by atoms with E-state index in [-0.39, 0.29) is 25.1 Å². The highest BCUT2D eigenvalue weighted by atomic mass is 32.2. The van der Waals surface area contributed by atoms with Gasteiger partial charge in [-0.05, 0) is 78.9 Å². The van der Waals surface area contributed by atoms with E-state index in [9.17, 15) is 42.3 Å². The van der Waals surface area contributed by atoms with Gasteiger partial charge in [-0.2, -0.15) is 0 Å². The van der Waals surface area contributed by atoms with Gasteiger partial charge in [-0.15, -0.1) is 0 Å². The molecule has 12 N–H and O–H groups in total. The van der Waals surface area contributed by atoms with E-state index < -0.39 is 81.7 Å². The molecule has 0 radical (unpaired) electrons. The Hall–Kier alpha value is -3.23. The van der Waals surface area contributed by atoms with Gasteiger partial charge in [-0.25, -0.2) is 17.9 Å². The normalized spacial score (nSPS) is 14.9. The van der Waals surface area contributed by atoms with Gasteiger partial charge < -0.3 is 48.3 Å². The van der Waals surface area contributed by atoms with Crippen molar-refractivity contribution in [2.24, 2.45) is 11.5 Å². The van der Waals surface area contributed by atoms with E-state index in [0.29, 0.717) is 45.3 Å². The Kier molecular flexibility index (Phi) is 27.4. The number of carbonyl (C=O) groups is 6. The number of sulfonamides is 1. The number of aliphatic carboxylic acids is 1. The van der Waals surface area contributed by atoms with Gasteiger partial charge in [0.05, 0.1) is 17.9 Å². The number of hydrogen-bond acceptors (Lipinski definition) is 12. The minimum atomic E-state index is -3.93. The second kappa shape index (κ2) is 29.1. The van der Waals surface area contributed by atoms with Gasteiger partial charge in [0.15, 0.2) is 0 Å². The molecule has 0 aliphatic carbocycles. The average Bonchev–Trinajstić information content (AvgIpc) is 3.11. The summed E-state index contributed by atoms with van der Waals surface area (Å²) < 4.78 is 28.3. The van der Waals surface area contributed by atoms with Crippen molar-refractivity contribution in [3.05, 3.63) is 0 Å². The van der Waals surface area contributed by atoms with Crippen LogP contribution in [0.2, 0.25) is 0 Å². The van der Waals surface area contributed by atoms with Crippen LogP contribution in [0.4, 0.5) is 0 Å². The number of carbonyl (C=O) groups excluding carboxylic acids is 5. The molecule has 0 fully saturated rings. The molecule has 0 saturated heterocycles. The third-order valence-corrected chi connectivity index (χ3v) is 10.1. The van der Waals surface area contributed by atoms with Crippen molar-refractivity contribution in [3.63, 3.8) is 0 Å². The van der Waals surface area contributed by atoms with E-state index in [2.05, 4.69) is 38.2 Å². The number of nitrogens with one attached hydrogen (secondary N) is 6. The van der Waals surface area contributed by atoms with E-state index in [1.807, 2.05) is 0 Å². The van der Waals surface area contributed by atoms with Gasteiger partial charge in [-0.1, -0.05) is 58.3 Å². The van der Waals surface area contributed by atoms with Crippen molar-refractivity contribution in [3.8, 4) is 0 Å². The van der Waals surface area contributed by atoms with Crippen molar-refractivity contribution < 1.29 is 47.4 Å². The monoisotopic (exact) mass is 792 g/mol. The first kappa shape index (κ1) is 50.8. The fourth-order valence-electron chi connectivity index (χ4n) is 5.38. The summed E-state index contributed by atoms with van der Waals surface area (Å²) in [7, 11) is -3.93. The van der Waals surface area contributed by atoms with E-state index >= 15 is 0 Å². The van der Waals surface area contributed by atoms with Crippen molar-refractivity contribution in [2.45, 2.75) is 154 Å². The molecule has 0 aliphatic rings. The van der Waals surface area contributed by atoms with Gasteiger partial charge in [0.2, 0.25) is 33.7 Å². The summed E-state index contributed by atoms with van der Waals surface area (Å²) in [6, 6.07) is -6.74. The predicted octanol–water partition coefficient (Wildman–Crippen LogP) is -0.724. The summed E-state index contributed by atoms with van der Waals surface area (Å²) in [6.07, 6.45) is 9.77. The lowest BCUT2D eigenvalue weighted by atomic mass is 10.1. The van der Waals surface area contributed by atoms with Gasteiger partial charge in [0, 0.05) is 6.54 Å². The fourth-order valence-corrected chi connectivity index (χ4v) is 6.57. The van der Waals surface area contributed by atoms with Crippen molar-refractivity contribution in [2.75, 3.05) is 31.9 Å². The Bertz CT molecular complexity index is 1250. The lowest BCUT2D eigenvalue weighted by Crippen LogP contribution is -2.60. The maximum Gasteiger partial charge on any atom is 0.374 e. The number of aliphatic hydroxyl groups is 1. The van der Waals surface area contributed by atoms with Crippen LogP contribution in [0.5, 0.6) is 0 Å². The van der Waals surface area contributed by atoms with Crippen LogP contribution in [-0.2, 0) is 38.8 Å². The highest BCUT2D eigenvalue weighted by Crippen LogP contribution is 2.09. The average molecular weight is 793 g/mol. The largest absolute Gasteiger partial charge is 0.475 e. The number of carboxylic acid groups (broad SMARTS) is 1. The molecule has 0 rings (SSSR count). The molecule has 0 aromatic carbocycles.